The molecule has 0 spiro atoms. The van der Waals surface area contributed by atoms with E-state index in [9.17, 15) is 37.5 Å². The number of carbonyl (C=O) groups is 4. The zero-order valence-electron chi connectivity index (χ0n) is 30.3. The highest BCUT2D eigenvalue weighted by atomic mass is 32.2. The first-order chi connectivity index (χ1) is 26.3. The Labute approximate surface area is 315 Å². The second-order valence-electron chi connectivity index (χ2n) is 15.1. The van der Waals surface area contributed by atoms with Crippen molar-refractivity contribution in [2.24, 2.45) is 18.9 Å². The zero-order chi connectivity index (χ0) is 38.8. The van der Waals surface area contributed by atoms with Crippen LogP contribution in [-0.4, -0.2) is 83.9 Å². The third-order valence-corrected chi connectivity index (χ3v) is 13.2. The summed E-state index contributed by atoms with van der Waals surface area (Å²) < 4.78 is 45.8. The van der Waals surface area contributed by atoms with Crippen LogP contribution in [0.5, 0.6) is 5.75 Å². The third kappa shape index (κ3) is 6.67. The lowest BCUT2D eigenvalue weighted by molar-refractivity contribution is -0.135. The highest BCUT2D eigenvalue weighted by molar-refractivity contribution is 7.92. The number of aromatic nitrogens is 2. The number of phenols is 1. The highest BCUT2D eigenvalue weighted by Crippen LogP contribution is 2.39. The number of carbonyl (C=O) groups excluding carboxylic acids is 4. The molecule has 55 heavy (non-hydrogen) atoms. The normalized spacial score (nSPS) is 21.1. The fourth-order valence-electron chi connectivity index (χ4n) is 8.68. The Morgan fingerprint density at radius 3 is 2.22 bits per heavy atom. The van der Waals surface area contributed by atoms with Crippen LogP contribution in [0.15, 0.2) is 47.3 Å². The number of fused-ring (bicyclic) bond motifs is 2. The Kier molecular flexibility index (Phi) is 9.30. The minimum atomic E-state index is -4.36. The molecule has 1 aromatic heterocycles. The zero-order valence-corrected chi connectivity index (χ0v) is 31.1. The fraction of sp³-hybridized carbons (Fsp3) is 0.447. The van der Waals surface area contributed by atoms with Gasteiger partial charge in [0.1, 0.15) is 24.0 Å². The summed E-state index contributed by atoms with van der Waals surface area (Å²) >= 11 is 0. The van der Waals surface area contributed by atoms with E-state index in [0.717, 1.165) is 62.8 Å². The van der Waals surface area contributed by atoms with Crippen LogP contribution in [0.4, 0.5) is 15.8 Å². The molecule has 3 N–H and O–H groups in total. The number of nitrogens with zero attached hydrogens (tertiary/aromatic N) is 5. The molecule has 4 aliphatic heterocycles. The molecule has 4 fully saturated rings. The van der Waals surface area contributed by atoms with Crippen LogP contribution in [0.2, 0.25) is 0 Å². The minimum Gasteiger partial charge on any atom is -0.506 e. The number of aryl methyl sites for hydroxylation is 1. The lowest BCUT2D eigenvalue weighted by Crippen LogP contribution is -2.44. The van der Waals surface area contributed by atoms with Crippen LogP contribution < -0.4 is 24.9 Å². The number of hydrogen-bond acceptors (Lipinski definition) is 9. The lowest BCUT2D eigenvalue weighted by atomic mass is 9.85. The van der Waals surface area contributed by atoms with Crippen molar-refractivity contribution in [3.05, 3.63) is 64.3 Å². The topological polar surface area (TPSA) is 183 Å². The van der Waals surface area contributed by atoms with Crippen molar-refractivity contribution in [1.29, 1.82) is 0 Å². The van der Waals surface area contributed by atoms with Crippen LogP contribution in [0.25, 0.3) is 21.8 Å². The van der Waals surface area contributed by atoms with E-state index in [-0.39, 0.29) is 40.3 Å². The summed E-state index contributed by atoms with van der Waals surface area (Å²) in [7, 11) is -2.66. The molecule has 0 saturated carbocycles. The molecule has 4 saturated heterocycles. The molecule has 4 aromatic rings. The maximum absolute atomic E-state index is 15.7. The molecule has 15 nitrogen and oxygen atoms in total. The van der Waals surface area contributed by atoms with Gasteiger partial charge in [0, 0.05) is 56.3 Å². The first-order valence-corrected chi connectivity index (χ1v) is 20.1. The molecule has 290 valence electrons. The molecular formula is C38H42FN7O8S. The first kappa shape index (κ1) is 36.5. The number of piperidine rings is 3. The van der Waals surface area contributed by atoms with E-state index in [4.69, 9.17) is 0 Å². The highest BCUT2D eigenvalue weighted by Gasteiger charge is 2.38. The van der Waals surface area contributed by atoms with Crippen molar-refractivity contribution >= 4 is 67.0 Å². The van der Waals surface area contributed by atoms with E-state index in [1.54, 1.807) is 27.3 Å². The summed E-state index contributed by atoms with van der Waals surface area (Å²) in [6.07, 6.45) is 6.45. The number of anilines is 2. The average Bonchev–Trinajstić information content (AvgIpc) is 3.58. The number of phenolic OH excluding ortho intramolecular Hbond substituents is 1. The second kappa shape index (κ2) is 14.0. The van der Waals surface area contributed by atoms with Crippen molar-refractivity contribution in [3.63, 3.8) is 0 Å². The van der Waals surface area contributed by atoms with Gasteiger partial charge in [-0.05, 0) is 85.7 Å². The Morgan fingerprint density at radius 1 is 0.873 bits per heavy atom. The lowest BCUT2D eigenvalue weighted by Gasteiger charge is -2.36. The van der Waals surface area contributed by atoms with Crippen LogP contribution in [-0.2, 0) is 31.6 Å². The number of imidazole rings is 1. The van der Waals surface area contributed by atoms with Gasteiger partial charge in [0.2, 0.25) is 11.8 Å². The van der Waals surface area contributed by atoms with Gasteiger partial charge in [-0.25, -0.2) is 18.2 Å². The van der Waals surface area contributed by atoms with Crippen molar-refractivity contribution in [3.8, 4) is 5.75 Å². The second-order valence-corrected chi connectivity index (χ2v) is 16.7. The number of benzene rings is 3. The van der Waals surface area contributed by atoms with E-state index in [1.807, 2.05) is 18.2 Å². The molecule has 4 amide bonds. The molecule has 0 radical (unpaired) electrons. The van der Waals surface area contributed by atoms with Gasteiger partial charge in [0.15, 0.2) is 5.82 Å². The number of aromatic hydroxyl groups is 1. The monoisotopic (exact) mass is 775 g/mol. The number of likely N-dealkylation sites (tertiary alicyclic amines) is 1. The molecule has 17 heteroatoms. The predicted octanol–water partition coefficient (Wildman–Crippen LogP) is 3.05. The van der Waals surface area contributed by atoms with Gasteiger partial charge in [-0.15, -0.1) is 0 Å². The van der Waals surface area contributed by atoms with E-state index in [0.29, 0.717) is 41.2 Å². The molecule has 0 bridgehead atoms. The van der Waals surface area contributed by atoms with Gasteiger partial charge in [0.25, 0.3) is 11.8 Å². The van der Waals surface area contributed by atoms with E-state index in [1.165, 1.54) is 22.8 Å². The maximum atomic E-state index is 15.7. The van der Waals surface area contributed by atoms with Gasteiger partial charge >= 0.3 is 15.9 Å². The molecule has 8 rings (SSSR count). The van der Waals surface area contributed by atoms with E-state index in [2.05, 4.69) is 10.2 Å². The molecule has 3 aromatic carbocycles. The Morgan fingerprint density at radius 2 is 1.56 bits per heavy atom. The van der Waals surface area contributed by atoms with E-state index >= 15 is 4.39 Å². The number of amides is 4. The maximum Gasteiger partial charge on any atom is 0.329 e. The van der Waals surface area contributed by atoms with Gasteiger partial charge in [-0.3, -0.25) is 33.6 Å². The Bertz CT molecular complexity index is 2430. The number of imide groups is 1. The first-order valence-electron chi connectivity index (χ1n) is 18.7. The average molecular weight is 776 g/mol. The summed E-state index contributed by atoms with van der Waals surface area (Å²) in [5.74, 6) is -2.48. The minimum absolute atomic E-state index is 0.0378. The van der Waals surface area contributed by atoms with Gasteiger partial charge in [-0.1, -0.05) is 18.9 Å². The quantitative estimate of drug-likeness (QED) is 0.238. The largest absolute Gasteiger partial charge is 0.506 e. The molecule has 4 aliphatic rings. The van der Waals surface area contributed by atoms with Crippen molar-refractivity contribution in [2.45, 2.75) is 57.4 Å². The number of nitrogens with one attached hydrogen (secondary N) is 2. The van der Waals surface area contributed by atoms with Crippen molar-refractivity contribution < 1.29 is 37.1 Å². The van der Waals surface area contributed by atoms with Crippen molar-refractivity contribution in [2.75, 3.05) is 41.9 Å². The van der Waals surface area contributed by atoms with Crippen LogP contribution in [0.1, 0.15) is 67.8 Å². The number of halogens is 1. The number of hydrogen-bond donors (Lipinski definition) is 3. The number of rotatable bonds is 7. The summed E-state index contributed by atoms with van der Waals surface area (Å²) in [6, 6.07) is 10.8. The van der Waals surface area contributed by atoms with Crippen LogP contribution in [0, 0.1) is 17.7 Å². The fourth-order valence-corrected chi connectivity index (χ4v) is 9.84. The molecule has 1 unspecified atom stereocenters. The standard InChI is InChI=1S/C38H42FN7O8S/c1-42-30-20-26(6-7-28(30)46(38(42)52)29-8-9-32(48)40-36(29)50)43-14-10-22(11-15-43)2-3-23-12-16-44(17-13-23)37(51)25-5-4-24-19-31(47)35(34(39)27(24)18-25)45-21-33(49)41-55(45,53)54/h4-7,18-20,22-23,29,47H,2-3,8-17,21H2,1H3,(H,41,49)(H,40,48,50). The molecule has 1 atom stereocenters. The predicted molar refractivity (Wildman–Crippen MR) is 201 cm³/mol. The van der Waals surface area contributed by atoms with Gasteiger partial charge in [-0.2, -0.15) is 8.42 Å². The van der Waals surface area contributed by atoms with Gasteiger partial charge in [0.05, 0.1) is 11.0 Å². The third-order valence-electron chi connectivity index (χ3n) is 11.8. The Hall–Kier alpha value is -5.45. The summed E-state index contributed by atoms with van der Waals surface area (Å²) in [5, 5.41) is 13.1. The van der Waals surface area contributed by atoms with Crippen molar-refractivity contribution in [1.82, 2.24) is 24.1 Å². The smallest absolute Gasteiger partial charge is 0.329 e. The van der Waals surface area contributed by atoms with E-state index < -0.39 is 51.9 Å². The molecule has 0 aliphatic carbocycles. The summed E-state index contributed by atoms with van der Waals surface area (Å²) in [6.45, 7) is 2.25. The van der Waals surface area contributed by atoms with Crippen LogP contribution >= 0.6 is 0 Å². The van der Waals surface area contributed by atoms with Gasteiger partial charge < -0.3 is 14.9 Å². The SMILES string of the molecule is Cn1c(=O)n(C2CCC(=O)NC2=O)c2ccc(N3CCC(CCC4CCN(C(=O)c5ccc6cc(O)c(N7CC(=O)NS7(=O)=O)c(F)c6c5)CC4)CC3)cc21. The molecular weight excluding hydrogens is 734 g/mol. The Balaban J connectivity index is 0.846. The van der Waals surface area contributed by atoms with Crippen LogP contribution in [0.3, 0.4) is 0 Å². The molecule has 5 heterocycles. The summed E-state index contributed by atoms with van der Waals surface area (Å²) in [5.41, 5.74) is 1.76. The summed E-state index contributed by atoms with van der Waals surface area (Å²) in [4.78, 5) is 66.8.